The molecule has 1 aromatic carbocycles. The zero-order chi connectivity index (χ0) is 13.1. The molecule has 1 saturated heterocycles. The van der Waals surface area contributed by atoms with Crippen LogP contribution in [0.5, 0.6) is 0 Å². The Kier molecular flexibility index (Phi) is 4.04. The third-order valence-corrected chi connectivity index (χ3v) is 4.60. The third-order valence-electron chi connectivity index (χ3n) is 4.60. The summed E-state index contributed by atoms with van der Waals surface area (Å²) in [6, 6.07) is 8.74. The highest BCUT2D eigenvalue weighted by atomic mass is 16.5. The molecule has 0 amide bonds. The SMILES string of the molecule is COC1CCN(CCC2CNc3ccccc32)CC1. The van der Waals surface area contributed by atoms with Crippen molar-refractivity contribution >= 4 is 5.69 Å². The number of hydrogen-bond donors (Lipinski definition) is 1. The van der Waals surface area contributed by atoms with Crippen LogP contribution in [-0.2, 0) is 4.74 Å². The zero-order valence-electron chi connectivity index (χ0n) is 11.8. The summed E-state index contributed by atoms with van der Waals surface area (Å²) in [5.74, 6) is 0.691. The van der Waals surface area contributed by atoms with Crippen LogP contribution in [-0.4, -0.2) is 44.3 Å². The minimum absolute atomic E-state index is 0.491. The molecular formula is C16H24N2O. The Morgan fingerprint density at radius 1 is 1.26 bits per heavy atom. The first-order valence-electron chi connectivity index (χ1n) is 7.45. The average molecular weight is 260 g/mol. The number of fused-ring (bicyclic) bond motifs is 1. The van der Waals surface area contributed by atoms with Crippen LogP contribution < -0.4 is 5.32 Å². The predicted molar refractivity (Wildman–Crippen MR) is 78.8 cm³/mol. The summed E-state index contributed by atoms with van der Waals surface area (Å²) in [6.45, 7) is 4.71. The molecule has 0 aromatic heterocycles. The van der Waals surface area contributed by atoms with E-state index in [0.29, 0.717) is 12.0 Å². The summed E-state index contributed by atoms with van der Waals surface area (Å²) in [5.41, 5.74) is 2.85. The highest BCUT2D eigenvalue weighted by Crippen LogP contribution is 2.33. The van der Waals surface area contributed by atoms with Crippen molar-refractivity contribution in [2.45, 2.75) is 31.3 Å². The summed E-state index contributed by atoms with van der Waals surface area (Å²) < 4.78 is 5.43. The van der Waals surface area contributed by atoms with Gasteiger partial charge < -0.3 is 15.0 Å². The number of benzene rings is 1. The molecule has 2 aliphatic heterocycles. The molecule has 0 bridgehead atoms. The van der Waals surface area contributed by atoms with Crippen molar-refractivity contribution < 1.29 is 4.74 Å². The highest BCUT2D eigenvalue weighted by Gasteiger charge is 2.23. The first kappa shape index (κ1) is 12.9. The number of piperidine rings is 1. The number of ether oxygens (including phenoxy) is 1. The van der Waals surface area contributed by atoms with Gasteiger partial charge in [-0.15, -0.1) is 0 Å². The van der Waals surface area contributed by atoms with Crippen molar-refractivity contribution in [1.82, 2.24) is 4.90 Å². The molecule has 1 aromatic rings. The standard InChI is InChI=1S/C16H24N2O/c1-19-14-7-10-18(11-8-14)9-6-13-12-17-16-5-3-2-4-15(13)16/h2-5,13-14,17H,6-12H2,1H3. The van der Waals surface area contributed by atoms with E-state index in [0.717, 1.165) is 6.54 Å². The van der Waals surface area contributed by atoms with E-state index in [4.69, 9.17) is 4.74 Å². The van der Waals surface area contributed by atoms with E-state index in [9.17, 15) is 0 Å². The van der Waals surface area contributed by atoms with E-state index in [1.807, 2.05) is 7.11 Å². The predicted octanol–water partition coefficient (Wildman–Crippen LogP) is 2.70. The Hall–Kier alpha value is -1.06. The molecule has 1 atom stereocenters. The van der Waals surface area contributed by atoms with Gasteiger partial charge in [0.05, 0.1) is 6.10 Å². The molecule has 3 nitrogen and oxygen atoms in total. The third kappa shape index (κ3) is 2.93. The lowest BCUT2D eigenvalue weighted by Crippen LogP contribution is -2.37. The number of nitrogens with zero attached hydrogens (tertiary/aromatic N) is 1. The van der Waals surface area contributed by atoms with Crippen LogP contribution >= 0.6 is 0 Å². The topological polar surface area (TPSA) is 24.5 Å². The first-order valence-corrected chi connectivity index (χ1v) is 7.45. The van der Waals surface area contributed by atoms with Crippen molar-refractivity contribution in [2.75, 3.05) is 38.6 Å². The molecule has 3 heteroatoms. The summed E-state index contributed by atoms with van der Waals surface area (Å²) >= 11 is 0. The van der Waals surface area contributed by atoms with Crippen LogP contribution in [0.1, 0.15) is 30.7 Å². The van der Waals surface area contributed by atoms with E-state index in [2.05, 4.69) is 34.5 Å². The number of rotatable bonds is 4. The fraction of sp³-hybridized carbons (Fsp3) is 0.625. The van der Waals surface area contributed by atoms with Gasteiger partial charge in [0.25, 0.3) is 0 Å². The number of para-hydroxylation sites is 1. The van der Waals surface area contributed by atoms with Crippen LogP contribution in [0.3, 0.4) is 0 Å². The normalized spacial score (nSPS) is 24.2. The zero-order valence-corrected chi connectivity index (χ0v) is 11.8. The molecule has 2 heterocycles. The van der Waals surface area contributed by atoms with Gasteiger partial charge in [-0.2, -0.15) is 0 Å². The van der Waals surface area contributed by atoms with Crippen molar-refractivity contribution in [2.24, 2.45) is 0 Å². The molecule has 1 unspecified atom stereocenters. The van der Waals surface area contributed by atoms with Crippen LogP contribution in [0, 0.1) is 0 Å². The second kappa shape index (κ2) is 5.93. The molecule has 104 valence electrons. The van der Waals surface area contributed by atoms with Crippen molar-refractivity contribution in [3.8, 4) is 0 Å². The van der Waals surface area contributed by atoms with E-state index in [1.165, 1.54) is 50.1 Å². The lowest BCUT2D eigenvalue weighted by Gasteiger charge is -2.31. The Bertz CT molecular complexity index is 413. The van der Waals surface area contributed by atoms with Gasteiger partial charge in [-0.1, -0.05) is 18.2 Å². The van der Waals surface area contributed by atoms with Crippen molar-refractivity contribution in [3.63, 3.8) is 0 Å². The van der Waals surface area contributed by atoms with Gasteiger partial charge in [-0.25, -0.2) is 0 Å². The Morgan fingerprint density at radius 2 is 2.05 bits per heavy atom. The number of anilines is 1. The largest absolute Gasteiger partial charge is 0.384 e. The molecule has 0 spiro atoms. The molecule has 19 heavy (non-hydrogen) atoms. The number of likely N-dealkylation sites (tertiary alicyclic amines) is 1. The number of nitrogens with one attached hydrogen (secondary N) is 1. The van der Waals surface area contributed by atoms with E-state index >= 15 is 0 Å². The lowest BCUT2D eigenvalue weighted by molar-refractivity contribution is 0.0404. The second-order valence-corrected chi connectivity index (χ2v) is 5.73. The van der Waals surface area contributed by atoms with Crippen LogP contribution in [0.2, 0.25) is 0 Å². The molecule has 1 N–H and O–H groups in total. The van der Waals surface area contributed by atoms with Gasteiger partial charge in [0.1, 0.15) is 0 Å². The molecule has 1 fully saturated rings. The van der Waals surface area contributed by atoms with Crippen LogP contribution in [0.25, 0.3) is 0 Å². The van der Waals surface area contributed by atoms with Gasteiger partial charge in [0.15, 0.2) is 0 Å². The summed E-state index contributed by atoms with van der Waals surface area (Å²) in [7, 11) is 1.83. The Morgan fingerprint density at radius 3 is 2.84 bits per heavy atom. The highest BCUT2D eigenvalue weighted by molar-refractivity contribution is 5.57. The summed E-state index contributed by atoms with van der Waals surface area (Å²) in [5, 5.41) is 3.52. The Balaban J connectivity index is 1.49. The van der Waals surface area contributed by atoms with Gasteiger partial charge in [-0.05, 0) is 37.4 Å². The molecule has 2 aliphatic rings. The van der Waals surface area contributed by atoms with Gasteiger partial charge in [-0.3, -0.25) is 0 Å². The summed E-state index contributed by atoms with van der Waals surface area (Å²) in [4.78, 5) is 2.59. The van der Waals surface area contributed by atoms with Crippen LogP contribution in [0.15, 0.2) is 24.3 Å². The van der Waals surface area contributed by atoms with E-state index in [-0.39, 0.29) is 0 Å². The minimum atomic E-state index is 0.491. The minimum Gasteiger partial charge on any atom is -0.384 e. The maximum absolute atomic E-state index is 5.43. The monoisotopic (exact) mass is 260 g/mol. The molecule has 3 rings (SSSR count). The average Bonchev–Trinajstić information content (AvgIpc) is 2.89. The molecule has 0 saturated carbocycles. The molecular weight excluding hydrogens is 236 g/mol. The quantitative estimate of drug-likeness (QED) is 0.901. The molecule has 0 radical (unpaired) electrons. The van der Waals surface area contributed by atoms with Crippen LogP contribution in [0.4, 0.5) is 5.69 Å². The maximum atomic E-state index is 5.43. The van der Waals surface area contributed by atoms with Gasteiger partial charge in [0, 0.05) is 38.3 Å². The number of methoxy groups -OCH3 is 1. The fourth-order valence-corrected chi connectivity index (χ4v) is 3.32. The summed E-state index contributed by atoms with van der Waals surface area (Å²) in [6.07, 6.45) is 4.14. The van der Waals surface area contributed by atoms with E-state index in [1.54, 1.807) is 0 Å². The smallest absolute Gasteiger partial charge is 0.0595 e. The second-order valence-electron chi connectivity index (χ2n) is 5.73. The van der Waals surface area contributed by atoms with Crippen molar-refractivity contribution in [1.29, 1.82) is 0 Å². The van der Waals surface area contributed by atoms with Gasteiger partial charge in [0.2, 0.25) is 0 Å². The number of hydrogen-bond acceptors (Lipinski definition) is 3. The van der Waals surface area contributed by atoms with Crippen molar-refractivity contribution in [3.05, 3.63) is 29.8 Å². The van der Waals surface area contributed by atoms with E-state index < -0.39 is 0 Å². The lowest BCUT2D eigenvalue weighted by atomic mass is 9.97. The fourth-order valence-electron chi connectivity index (χ4n) is 3.32. The Labute approximate surface area is 115 Å². The molecule has 0 aliphatic carbocycles. The maximum Gasteiger partial charge on any atom is 0.0595 e. The van der Waals surface area contributed by atoms with Gasteiger partial charge >= 0.3 is 0 Å². The first-order chi connectivity index (χ1) is 9.36.